The quantitative estimate of drug-likeness (QED) is 0.724. The Hall–Kier alpha value is -1.29. The molecule has 0 saturated heterocycles. The molecule has 1 rings (SSSR count). The van der Waals surface area contributed by atoms with Crippen LogP contribution in [0, 0.1) is 17.2 Å². The van der Waals surface area contributed by atoms with Crippen molar-refractivity contribution in [3.05, 3.63) is 0 Å². The lowest BCUT2D eigenvalue weighted by Gasteiger charge is -2.11. The van der Waals surface area contributed by atoms with E-state index < -0.39 is 24.7 Å². The van der Waals surface area contributed by atoms with Gasteiger partial charge in [-0.05, 0) is 18.8 Å². The summed E-state index contributed by atoms with van der Waals surface area (Å²) in [4.78, 5) is 11.2. The number of hydrogen-bond donors (Lipinski definition) is 1. The van der Waals surface area contributed by atoms with Gasteiger partial charge in [-0.1, -0.05) is 0 Å². The number of alkyl halides is 3. The Morgan fingerprint density at radius 3 is 2.65 bits per heavy atom. The normalized spacial score (nSPS) is 17.3. The van der Waals surface area contributed by atoms with E-state index in [-0.39, 0.29) is 18.9 Å². The van der Waals surface area contributed by atoms with Gasteiger partial charge in [0.15, 0.2) is 0 Å². The Balaban J connectivity index is 2.11. The van der Waals surface area contributed by atoms with Crippen molar-refractivity contribution in [2.75, 3.05) is 13.2 Å². The Bertz CT molecular complexity index is 308. The summed E-state index contributed by atoms with van der Waals surface area (Å²) in [5, 5.41) is 11.2. The molecule has 1 N–H and O–H groups in total. The van der Waals surface area contributed by atoms with Crippen molar-refractivity contribution in [2.45, 2.75) is 31.5 Å². The number of nitrogens with one attached hydrogen (secondary N) is 1. The van der Waals surface area contributed by atoms with E-state index >= 15 is 0 Å². The van der Waals surface area contributed by atoms with Crippen LogP contribution in [0.4, 0.5) is 13.2 Å². The zero-order valence-electron chi connectivity index (χ0n) is 9.09. The smallest absolute Gasteiger partial charge is 0.372 e. The lowest BCUT2D eigenvalue weighted by Crippen LogP contribution is -2.35. The first-order valence-corrected chi connectivity index (χ1v) is 5.26. The Kier molecular flexibility index (Phi) is 4.75. The van der Waals surface area contributed by atoms with E-state index in [0.29, 0.717) is 0 Å². The molecule has 1 saturated carbocycles. The maximum absolute atomic E-state index is 11.7. The van der Waals surface area contributed by atoms with Crippen molar-refractivity contribution in [3.8, 4) is 6.07 Å². The number of rotatable bonds is 6. The topological polar surface area (TPSA) is 62.1 Å². The molecule has 0 aliphatic heterocycles. The number of ether oxygens (including phenoxy) is 1. The van der Waals surface area contributed by atoms with Gasteiger partial charge in [0.2, 0.25) is 5.91 Å². The van der Waals surface area contributed by atoms with Crippen LogP contribution >= 0.6 is 0 Å². The first kappa shape index (κ1) is 13.8. The molecule has 4 nitrogen and oxygen atoms in total. The lowest BCUT2D eigenvalue weighted by atomic mass is 10.2. The van der Waals surface area contributed by atoms with E-state index in [1.54, 1.807) is 0 Å². The summed E-state index contributed by atoms with van der Waals surface area (Å²) >= 11 is 0. The van der Waals surface area contributed by atoms with Gasteiger partial charge in [-0.15, -0.1) is 0 Å². The SMILES string of the molecule is N#CC(NC(=O)CCOCC(F)(F)F)C1CC1. The van der Waals surface area contributed by atoms with E-state index in [4.69, 9.17) is 5.26 Å². The van der Waals surface area contributed by atoms with Crippen LogP contribution in [0.25, 0.3) is 0 Å². The summed E-state index contributed by atoms with van der Waals surface area (Å²) in [5.74, 6) is -0.259. The number of halogens is 3. The molecule has 0 aromatic heterocycles. The number of carbonyl (C=O) groups excluding carboxylic acids is 1. The predicted octanol–water partition coefficient (Wildman–Crippen LogP) is 1.37. The highest BCUT2D eigenvalue weighted by Gasteiger charge is 2.32. The van der Waals surface area contributed by atoms with Crippen LogP contribution in [-0.4, -0.2) is 31.3 Å². The molecule has 1 atom stereocenters. The average Bonchev–Trinajstić information content (AvgIpc) is 3.03. The van der Waals surface area contributed by atoms with Crippen LogP contribution in [0.1, 0.15) is 19.3 Å². The molecule has 0 bridgehead atoms. The Labute approximate surface area is 96.7 Å². The Morgan fingerprint density at radius 2 is 2.18 bits per heavy atom. The number of hydrogen-bond acceptors (Lipinski definition) is 3. The van der Waals surface area contributed by atoms with Gasteiger partial charge in [-0.25, -0.2) is 0 Å². The molecule has 1 unspecified atom stereocenters. The molecule has 1 fully saturated rings. The second-order valence-corrected chi connectivity index (χ2v) is 3.93. The van der Waals surface area contributed by atoms with E-state index in [1.165, 1.54) is 0 Å². The molecule has 1 aliphatic carbocycles. The minimum absolute atomic E-state index is 0.166. The third-order valence-electron chi connectivity index (χ3n) is 2.29. The van der Waals surface area contributed by atoms with Crippen molar-refractivity contribution in [1.82, 2.24) is 5.32 Å². The first-order valence-electron chi connectivity index (χ1n) is 5.26. The van der Waals surface area contributed by atoms with Crippen molar-refractivity contribution in [1.29, 1.82) is 5.26 Å². The van der Waals surface area contributed by atoms with Gasteiger partial charge in [-0.2, -0.15) is 18.4 Å². The first-order chi connectivity index (χ1) is 7.92. The van der Waals surface area contributed by atoms with Crippen LogP contribution in [0.3, 0.4) is 0 Å². The molecular weight excluding hydrogens is 237 g/mol. The second kappa shape index (κ2) is 5.87. The number of amides is 1. The van der Waals surface area contributed by atoms with E-state index in [0.717, 1.165) is 12.8 Å². The number of nitrogens with zero attached hydrogens (tertiary/aromatic N) is 1. The molecule has 7 heteroatoms. The van der Waals surface area contributed by atoms with Gasteiger partial charge in [-0.3, -0.25) is 4.79 Å². The summed E-state index contributed by atoms with van der Waals surface area (Å²) in [7, 11) is 0. The average molecular weight is 250 g/mol. The lowest BCUT2D eigenvalue weighted by molar-refractivity contribution is -0.174. The van der Waals surface area contributed by atoms with Crippen LogP contribution in [0.15, 0.2) is 0 Å². The summed E-state index contributed by atoms with van der Waals surface area (Å²) in [6.45, 7) is -1.65. The van der Waals surface area contributed by atoms with Crippen molar-refractivity contribution in [3.63, 3.8) is 0 Å². The van der Waals surface area contributed by atoms with Crippen LogP contribution in [0.5, 0.6) is 0 Å². The predicted molar refractivity (Wildman–Crippen MR) is 51.8 cm³/mol. The highest BCUT2D eigenvalue weighted by Crippen LogP contribution is 2.32. The summed E-state index contributed by atoms with van der Waals surface area (Å²) in [6.07, 6.45) is -2.73. The fraction of sp³-hybridized carbons (Fsp3) is 0.800. The minimum atomic E-state index is -4.38. The highest BCUT2D eigenvalue weighted by molar-refractivity contribution is 5.76. The van der Waals surface area contributed by atoms with E-state index in [1.807, 2.05) is 6.07 Å². The monoisotopic (exact) mass is 250 g/mol. The second-order valence-electron chi connectivity index (χ2n) is 3.93. The van der Waals surface area contributed by atoms with Gasteiger partial charge in [0.05, 0.1) is 19.1 Å². The molecule has 1 aliphatic rings. The Morgan fingerprint density at radius 1 is 1.53 bits per heavy atom. The fourth-order valence-corrected chi connectivity index (χ4v) is 1.28. The molecular formula is C10H13F3N2O2. The van der Waals surface area contributed by atoms with Crippen molar-refractivity contribution in [2.24, 2.45) is 5.92 Å². The van der Waals surface area contributed by atoms with Gasteiger partial charge >= 0.3 is 6.18 Å². The molecule has 0 aromatic carbocycles. The molecule has 17 heavy (non-hydrogen) atoms. The summed E-state index contributed by atoms with van der Waals surface area (Å²) in [6, 6.07) is 1.43. The van der Waals surface area contributed by atoms with E-state index in [2.05, 4.69) is 10.1 Å². The third-order valence-corrected chi connectivity index (χ3v) is 2.29. The van der Waals surface area contributed by atoms with Crippen LogP contribution < -0.4 is 5.32 Å². The molecule has 0 aromatic rings. The molecule has 96 valence electrons. The van der Waals surface area contributed by atoms with Crippen molar-refractivity contribution < 1.29 is 22.7 Å². The fourth-order valence-electron chi connectivity index (χ4n) is 1.28. The summed E-state index contributed by atoms with van der Waals surface area (Å²) < 4.78 is 39.4. The molecule has 0 heterocycles. The maximum Gasteiger partial charge on any atom is 0.411 e. The molecule has 1 amide bonds. The van der Waals surface area contributed by atoms with E-state index in [9.17, 15) is 18.0 Å². The summed E-state index contributed by atoms with van der Waals surface area (Å²) in [5.41, 5.74) is 0. The van der Waals surface area contributed by atoms with Crippen LogP contribution in [-0.2, 0) is 9.53 Å². The van der Waals surface area contributed by atoms with Gasteiger partial charge in [0, 0.05) is 0 Å². The highest BCUT2D eigenvalue weighted by atomic mass is 19.4. The van der Waals surface area contributed by atoms with Crippen LogP contribution in [0.2, 0.25) is 0 Å². The zero-order valence-corrected chi connectivity index (χ0v) is 9.09. The molecule has 0 spiro atoms. The van der Waals surface area contributed by atoms with Gasteiger partial charge < -0.3 is 10.1 Å². The van der Waals surface area contributed by atoms with Crippen molar-refractivity contribution >= 4 is 5.91 Å². The minimum Gasteiger partial charge on any atom is -0.372 e. The van der Waals surface area contributed by atoms with Gasteiger partial charge in [0.1, 0.15) is 12.6 Å². The third kappa shape index (κ3) is 6.12. The number of nitriles is 1. The molecule has 0 radical (unpaired) electrons. The maximum atomic E-state index is 11.7. The van der Waals surface area contributed by atoms with Gasteiger partial charge in [0.25, 0.3) is 0 Å². The standard InChI is InChI=1S/C10H13F3N2O2/c11-10(12,13)6-17-4-3-9(16)15-8(5-14)7-1-2-7/h7-8H,1-4,6H2,(H,15,16). The largest absolute Gasteiger partial charge is 0.411 e. The zero-order chi connectivity index (χ0) is 12.9. The number of carbonyl (C=O) groups is 1.